The zero-order chi connectivity index (χ0) is 17.4. The maximum atomic E-state index is 12.0. The van der Waals surface area contributed by atoms with Gasteiger partial charge < -0.3 is 25.5 Å². The quantitative estimate of drug-likeness (QED) is 0.697. The largest absolute Gasteiger partial charge is 0.394 e. The average Bonchev–Trinajstić information content (AvgIpc) is 2.61. The molecule has 6 nitrogen and oxygen atoms in total. The molecule has 1 aromatic carbocycles. The summed E-state index contributed by atoms with van der Waals surface area (Å²) in [6.07, 6.45) is 2.36. The Kier molecular flexibility index (Phi) is 7.49. The Bertz CT molecular complexity index is 487. The lowest BCUT2D eigenvalue weighted by Crippen LogP contribution is -2.46. The molecule has 1 unspecified atom stereocenters. The van der Waals surface area contributed by atoms with E-state index < -0.39 is 0 Å². The summed E-state index contributed by atoms with van der Waals surface area (Å²) in [6.45, 7) is 3.52. The molecule has 2 amide bonds. The number of aliphatic hydroxyl groups excluding tert-OH is 1. The molecule has 1 heterocycles. The number of piperidine rings is 1. The van der Waals surface area contributed by atoms with Crippen molar-refractivity contribution in [2.75, 3.05) is 46.9 Å². The fourth-order valence-corrected chi connectivity index (χ4v) is 3.12. The number of nitrogens with one attached hydrogen (secondary N) is 2. The normalized spacial score (nSPS) is 17.7. The summed E-state index contributed by atoms with van der Waals surface area (Å²) in [7, 11) is 4.27. The molecule has 1 aliphatic rings. The van der Waals surface area contributed by atoms with Gasteiger partial charge in [0, 0.05) is 19.1 Å². The first-order valence-corrected chi connectivity index (χ1v) is 8.69. The van der Waals surface area contributed by atoms with Gasteiger partial charge in [-0.05, 0) is 45.6 Å². The first-order valence-electron chi connectivity index (χ1n) is 8.69. The van der Waals surface area contributed by atoms with Crippen molar-refractivity contribution in [2.24, 2.45) is 0 Å². The summed E-state index contributed by atoms with van der Waals surface area (Å²) in [4.78, 5) is 16.7. The van der Waals surface area contributed by atoms with E-state index in [1.165, 1.54) is 12.8 Å². The maximum Gasteiger partial charge on any atom is 0.315 e. The molecule has 0 saturated carbocycles. The third-order valence-corrected chi connectivity index (χ3v) is 4.69. The first-order chi connectivity index (χ1) is 11.6. The first kappa shape index (κ1) is 18.7. The predicted octanol–water partition coefficient (Wildman–Crippen LogP) is 1.05. The van der Waals surface area contributed by atoms with E-state index in [0.29, 0.717) is 12.6 Å². The highest BCUT2D eigenvalue weighted by atomic mass is 16.3. The third-order valence-electron chi connectivity index (χ3n) is 4.69. The lowest BCUT2D eigenvalue weighted by atomic mass is 10.0. The lowest BCUT2D eigenvalue weighted by Gasteiger charge is -2.35. The van der Waals surface area contributed by atoms with Crippen molar-refractivity contribution in [3.8, 4) is 0 Å². The third kappa shape index (κ3) is 5.78. The molecule has 0 radical (unpaired) electrons. The van der Waals surface area contributed by atoms with E-state index in [9.17, 15) is 9.90 Å². The van der Waals surface area contributed by atoms with Crippen LogP contribution in [-0.4, -0.2) is 73.9 Å². The molecule has 0 bridgehead atoms. The molecule has 6 heteroatoms. The van der Waals surface area contributed by atoms with Crippen molar-refractivity contribution >= 4 is 6.03 Å². The molecule has 134 valence electrons. The van der Waals surface area contributed by atoms with Gasteiger partial charge in [0.2, 0.25) is 0 Å². The number of amides is 2. The Morgan fingerprint density at radius 1 is 1.29 bits per heavy atom. The Hall–Kier alpha value is -1.63. The van der Waals surface area contributed by atoms with E-state index in [2.05, 4.69) is 34.5 Å². The highest BCUT2D eigenvalue weighted by Gasteiger charge is 2.20. The van der Waals surface area contributed by atoms with Gasteiger partial charge in [0.05, 0.1) is 12.6 Å². The molecule has 3 N–H and O–H groups in total. The van der Waals surface area contributed by atoms with Crippen LogP contribution < -0.4 is 10.6 Å². The van der Waals surface area contributed by atoms with E-state index in [0.717, 1.165) is 25.2 Å². The number of benzene rings is 1. The Labute approximate surface area is 144 Å². The lowest BCUT2D eigenvalue weighted by molar-refractivity contribution is 0.145. The summed E-state index contributed by atoms with van der Waals surface area (Å²) in [5.41, 5.74) is 0.904. The van der Waals surface area contributed by atoms with Crippen molar-refractivity contribution in [2.45, 2.75) is 24.9 Å². The van der Waals surface area contributed by atoms with E-state index >= 15 is 0 Å². The van der Waals surface area contributed by atoms with Gasteiger partial charge in [-0.1, -0.05) is 30.3 Å². The molecule has 0 aromatic heterocycles. The van der Waals surface area contributed by atoms with Gasteiger partial charge in [-0.15, -0.1) is 0 Å². The topological polar surface area (TPSA) is 67.8 Å². The minimum absolute atomic E-state index is 0.116. The summed E-state index contributed by atoms with van der Waals surface area (Å²) in [6, 6.07) is 9.57. The van der Waals surface area contributed by atoms with Crippen LogP contribution in [0, 0.1) is 0 Å². The molecule has 1 aliphatic heterocycles. The molecule has 1 atom stereocenters. The second kappa shape index (κ2) is 9.61. The number of nitrogens with zero attached hydrogens (tertiary/aromatic N) is 2. The molecular weight excluding hydrogens is 304 g/mol. The summed E-state index contributed by atoms with van der Waals surface area (Å²) >= 11 is 0. The molecule has 1 aromatic rings. The highest BCUT2D eigenvalue weighted by Crippen LogP contribution is 2.13. The number of hydrogen-bond acceptors (Lipinski definition) is 4. The zero-order valence-electron chi connectivity index (χ0n) is 14.7. The highest BCUT2D eigenvalue weighted by molar-refractivity contribution is 5.74. The summed E-state index contributed by atoms with van der Waals surface area (Å²) < 4.78 is 0. The van der Waals surface area contributed by atoms with Gasteiger partial charge in [-0.2, -0.15) is 0 Å². The molecular formula is C18H30N4O2. The fourth-order valence-electron chi connectivity index (χ4n) is 3.12. The van der Waals surface area contributed by atoms with Crippen LogP contribution in [0.3, 0.4) is 0 Å². The number of carbonyl (C=O) groups excluding carboxylic acids is 1. The maximum absolute atomic E-state index is 12.0. The number of hydrogen-bond donors (Lipinski definition) is 3. The Morgan fingerprint density at radius 3 is 2.54 bits per heavy atom. The van der Waals surface area contributed by atoms with Gasteiger partial charge in [0.15, 0.2) is 0 Å². The summed E-state index contributed by atoms with van der Waals surface area (Å²) in [5, 5.41) is 15.2. The smallest absolute Gasteiger partial charge is 0.315 e. The van der Waals surface area contributed by atoms with Gasteiger partial charge in [0.25, 0.3) is 0 Å². The van der Waals surface area contributed by atoms with Gasteiger partial charge in [0.1, 0.15) is 0 Å². The Balaban J connectivity index is 1.66. The van der Waals surface area contributed by atoms with E-state index in [1.54, 1.807) is 0 Å². The minimum atomic E-state index is -0.373. The van der Waals surface area contributed by atoms with Crippen LogP contribution in [0.4, 0.5) is 4.79 Å². The van der Waals surface area contributed by atoms with Crippen LogP contribution in [0.2, 0.25) is 0 Å². The number of aliphatic hydroxyl groups is 1. The number of urea groups is 1. The number of rotatable bonds is 7. The van der Waals surface area contributed by atoms with Gasteiger partial charge in [-0.25, -0.2) is 4.79 Å². The van der Waals surface area contributed by atoms with E-state index in [1.807, 2.05) is 30.3 Å². The molecule has 1 saturated heterocycles. The van der Waals surface area contributed by atoms with Crippen LogP contribution in [0.5, 0.6) is 0 Å². The van der Waals surface area contributed by atoms with Gasteiger partial charge >= 0.3 is 6.03 Å². The van der Waals surface area contributed by atoms with Crippen LogP contribution in [0.1, 0.15) is 24.4 Å². The molecule has 2 rings (SSSR count). The van der Waals surface area contributed by atoms with Crippen molar-refractivity contribution in [1.29, 1.82) is 0 Å². The minimum Gasteiger partial charge on any atom is -0.394 e. The monoisotopic (exact) mass is 334 g/mol. The molecule has 24 heavy (non-hydrogen) atoms. The second-order valence-electron chi connectivity index (χ2n) is 6.58. The van der Waals surface area contributed by atoms with Crippen LogP contribution in [-0.2, 0) is 0 Å². The molecule has 0 aliphatic carbocycles. The van der Waals surface area contributed by atoms with Crippen molar-refractivity contribution in [3.05, 3.63) is 35.9 Å². The number of likely N-dealkylation sites (tertiary alicyclic amines) is 1. The summed E-state index contributed by atoms with van der Waals surface area (Å²) in [5.74, 6) is 0. The molecule has 1 fully saturated rings. The second-order valence-corrected chi connectivity index (χ2v) is 6.58. The van der Waals surface area contributed by atoms with Crippen LogP contribution in [0.25, 0.3) is 0 Å². The van der Waals surface area contributed by atoms with E-state index in [4.69, 9.17) is 0 Å². The number of carbonyl (C=O) groups is 1. The fraction of sp³-hybridized carbons (Fsp3) is 0.611. The Morgan fingerprint density at radius 2 is 1.96 bits per heavy atom. The zero-order valence-corrected chi connectivity index (χ0v) is 14.7. The van der Waals surface area contributed by atoms with Crippen molar-refractivity contribution in [1.82, 2.24) is 20.4 Å². The SMILES string of the molecule is CN(C)C1CCN(CCNC(=O)NC(CO)c2ccccc2)CC1. The van der Waals surface area contributed by atoms with Crippen LogP contribution >= 0.6 is 0 Å². The van der Waals surface area contributed by atoms with E-state index in [-0.39, 0.29) is 18.7 Å². The standard InChI is InChI=1S/C18H30N4O2/c1-21(2)16-8-11-22(12-9-16)13-10-19-18(24)20-17(14-23)15-6-4-3-5-7-15/h3-7,16-17,23H,8-14H2,1-2H3,(H2,19,20,24). The predicted molar refractivity (Wildman–Crippen MR) is 96.0 cm³/mol. The van der Waals surface area contributed by atoms with Crippen molar-refractivity contribution in [3.63, 3.8) is 0 Å². The molecule has 0 spiro atoms. The average molecular weight is 334 g/mol. The van der Waals surface area contributed by atoms with Gasteiger partial charge in [-0.3, -0.25) is 0 Å². The van der Waals surface area contributed by atoms with Crippen LogP contribution in [0.15, 0.2) is 30.3 Å². The van der Waals surface area contributed by atoms with Crippen molar-refractivity contribution < 1.29 is 9.90 Å².